The van der Waals surface area contributed by atoms with Crippen LogP contribution in [0, 0.1) is 6.92 Å². The molecule has 0 aliphatic carbocycles. The number of hydrogen-bond donors (Lipinski definition) is 1. The second-order valence-corrected chi connectivity index (χ2v) is 5.87. The lowest BCUT2D eigenvalue weighted by molar-refractivity contribution is 0.152. The molecule has 1 fully saturated rings. The molecule has 0 aromatic carbocycles. The average molecular weight is 295 g/mol. The van der Waals surface area contributed by atoms with Crippen LogP contribution >= 0.6 is 0 Å². The van der Waals surface area contributed by atoms with E-state index in [0.717, 1.165) is 24.7 Å². The van der Waals surface area contributed by atoms with Gasteiger partial charge in [-0.2, -0.15) is 5.10 Å². The quantitative estimate of drug-likeness (QED) is 0.741. The first kappa shape index (κ1) is 16.3. The van der Waals surface area contributed by atoms with Crippen LogP contribution in [0.3, 0.4) is 0 Å². The topological polar surface area (TPSA) is 45.6 Å². The summed E-state index contributed by atoms with van der Waals surface area (Å²) >= 11 is 0. The van der Waals surface area contributed by atoms with Gasteiger partial charge >= 0.3 is 0 Å². The Balaban J connectivity index is 1.66. The Morgan fingerprint density at radius 2 is 1.90 bits per heavy atom. The van der Waals surface area contributed by atoms with Crippen molar-refractivity contribution in [3.63, 3.8) is 0 Å². The van der Waals surface area contributed by atoms with Crippen LogP contribution in [-0.2, 0) is 13.6 Å². The number of aromatic nitrogens is 2. The first-order chi connectivity index (χ1) is 10.1. The molecule has 1 aromatic heterocycles. The number of nitrogens with one attached hydrogen (secondary N) is 1. The summed E-state index contributed by atoms with van der Waals surface area (Å²) in [4.78, 5) is 4.95. The molecule has 0 unspecified atom stereocenters. The highest BCUT2D eigenvalue weighted by Gasteiger charge is 2.14. The zero-order valence-electron chi connectivity index (χ0n) is 13.9. The van der Waals surface area contributed by atoms with Gasteiger partial charge in [0.15, 0.2) is 0 Å². The SMILES string of the molecule is COc1c(CNCCCN2CCN(C)CC2)c(C)nn1C. The molecular formula is C15H29N5O. The highest BCUT2D eigenvalue weighted by Crippen LogP contribution is 2.20. The minimum atomic E-state index is 0.825. The minimum Gasteiger partial charge on any atom is -0.481 e. The van der Waals surface area contributed by atoms with E-state index < -0.39 is 0 Å². The van der Waals surface area contributed by atoms with Crippen molar-refractivity contribution < 1.29 is 4.74 Å². The van der Waals surface area contributed by atoms with Gasteiger partial charge < -0.3 is 19.9 Å². The number of rotatable bonds is 7. The third-order valence-electron chi connectivity index (χ3n) is 4.21. The van der Waals surface area contributed by atoms with Crippen molar-refractivity contribution in [2.45, 2.75) is 19.9 Å². The van der Waals surface area contributed by atoms with Crippen molar-refractivity contribution in [2.24, 2.45) is 7.05 Å². The van der Waals surface area contributed by atoms with Crippen LogP contribution in [0.25, 0.3) is 0 Å². The molecule has 1 aliphatic heterocycles. The van der Waals surface area contributed by atoms with E-state index in [9.17, 15) is 0 Å². The third-order valence-corrected chi connectivity index (χ3v) is 4.21. The molecule has 0 bridgehead atoms. The molecule has 2 rings (SSSR count). The number of nitrogens with zero attached hydrogens (tertiary/aromatic N) is 4. The van der Waals surface area contributed by atoms with Crippen LogP contribution in [0.2, 0.25) is 0 Å². The monoisotopic (exact) mass is 295 g/mol. The number of hydrogen-bond acceptors (Lipinski definition) is 5. The maximum atomic E-state index is 5.41. The van der Waals surface area contributed by atoms with E-state index >= 15 is 0 Å². The van der Waals surface area contributed by atoms with E-state index in [-0.39, 0.29) is 0 Å². The van der Waals surface area contributed by atoms with Crippen molar-refractivity contribution in [2.75, 3.05) is 53.4 Å². The number of likely N-dealkylation sites (N-methyl/N-ethyl adjacent to an activating group) is 1. The second-order valence-electron chi connectivity index (χ2n) is 5.87. The standard InChI is InChI=1S/C15H29N5O/c1-13-14(15(21-4)19(3)17-13)12-16-6-5-7-20-10-8-18(2)9-11-20/h16H,5-12H2,1-4H3. The summed E-state index contributed by atoms with van der Waals surface area (Å²) in [7, 11) is 5.82. The summed E-state index contributed by atoms with van der Waals surface area (Å²) in [5, 5.41) is 7.91. The fraction of sp³-hybridized carbons (Fsp3) is 0.800. The van der Waals surface area contributed by atoms with Gasteiger partial charge in [-0.25, -0.2) is 4.68 Å². The summed E-state index contributed by atoms with van der Waals surface area (Å²) in [6.07, 6.45) is 1.19. The van der Waals surface area contributed by atoms with E-state index in [1.165, 1.54) is 44.7 Å². The Morgan fingerprint density at radius 3 is 2.57 bits per heavy atom. The number of piperazine rings is 1. The van der Waals surface area contributed by atoms with Crippen molar-refractivity contribution >= 4 is 0 Å². The highest BCUT2D eigenvalue weighted by atomic mass is 16.5. The van der Waals surface area contributed by atoms with E-state index in [1.807, 2.05) is 14.0 Å². The molecule has 120 valence electrons. The van der Waals surface area contributed by atoms with Gasteiger partial charge in [0.25, 0.3) is 0 Å². The lowest BCUT2D eigenvalue weighted by atomic mass is 10.2. The van der Waals surface area contributed by atoms with Gasteiger partial charge in [0.05, 0.1) is 18.4 Å². The van der Waals surface area contributed by atoms with Gasteiger partial charge in [0, 0.05) is 39.8 Å². The molecule has 0 spiro atoms. The van der Waals surface area contributed by atoms with Gasteiger partial charge in [-0.05, 0) is 33.5 Å². The molecular weight excluding hydrogens is 266 g/mol. The van der Waals surface area contributed by atoms with Crippen molar-refractivity contribution in [3.8, 4) is 5.88 Å². The molecule has 21 heavy (non-hydrogen) atoms. The second kappa shape index (κ2) is 7.77. The maximum absolute atomic E-state index is 5.41. The molecule has 1 saturated heterocycles. The zero-order valence-corrected chi connectivity index (χ0v) is 13.9. The Hall–Kier alpha value is -1.11. The van der Waals surface area contributed by atoms with Crippen LogP contribution in [-0.4, -0.2) is 73.0 Å². The van der Waals surface area contributed by atoms with Gasteiger partial charge in [-0.3, -0.25) is 0 Å². The Morgan fingerprint density at radius 1 is 1.19 bits per heavy atom. The summed E-state index contributed by atoms with van der Waals surface area (Å²) in [6.45, 7) is 9.86. The summed E-state index contributed by atoms with van der Waals surface area (Å²) in [5.74, 6) is 0.860. The van der Waals surface area contributed by atoms with Gasteiger partial charge in [-0.15, -0.1) is 0 Å². The molecule has 0 amide bonds. The van der Waals surface area contributed by atoms with E-state index in [0.29, 0.717) is 0 Å². The molecule has 1 aromatic rings. The van der Waals surface area contributed by atoms with E-state index in [4.69, 9.17) is 4.74 Å². The fourth-order valence-electron chi connectivity index (χ4n) is 2.85. The zero-order chi connectivity index (χ0) is 15.2. The maximum Gasteiger partial charge on any atom is 0.216 e. The summed E-state index contributed by atoms with van der Waals surface area (Å²) in [5.41, 5.74) is 2.21. The smallest absolute Gasteiger partial charge is 0.216 e. The lowest BCUT2D eigenvalue weighted by Crippen LogP contribution is -2.45. The normalized spacial score (nSPS) is 17.3. The van der Waals surface area contributed by atoms with Crippen molar-refractivity contribution in [1.29, 1.82) is 0 Å². The van der Waals surface area contributed by atoms with Crippen LogP contribution in [0.5, 0.6) is 5.88 Å². The van der Waals surface area contributed by atoms with Crippen LogP contribution in [0.4, 0.5) is 0 Å². The molecule has 0 radical (unpaired) electrons. The number of methoxy groups -OCH3 is 1. The molecule has 2 heterocycles. The molecule has 6 heteroatoms. The predicted molar refractivity (Wildman–Crippen MR) is 84.8 cm³/mol. The van der Waals surface area contributed by atoms with Crippen LogP contribution in [0.1, 0.15) is 17.7 Å². The molecule has 1 N–H and O–H groups in total. The number of aryl methyl sites for hydroxylation is 2. The minimum absolute atomic E-state index is 0.825. The fourth-order valence-corrected chi connectivity index (χ4v) is 2.85. The Bertz CT molecular complexity index is 438. The molecule has 0 atom stereocenters. The predicted octanol–water partition coefficient (Wildman–Crippen LogP) is 0.464. The van der Waals surface area contributed by atoms with E-state index in [2.05, 4.69) is 27.3 Å². The highest BCUT2D eigenvalue weighted by molar-refractivity contribution is 5.30. The molecule has 0 saturated carbocycles. The van der Waals surface area contributed by atoms with E-state index in [1.54, 1.807) is 11.8 Å². The lowest BCUT2D eigenvalue weighted by Gasteiger charge is -2.32. The first-order valence-corrected chi connectivity index (χ1v) is 7.80. The number of ether oxygens (including phenoxy) is 1. The van der Waals surface area contributed by atoms with Gasteiger partial charge in [0.1, 0.15) is 0 Å². The van der Waals surface area contributed by atoms with Gasteiger partial charge in [-0.1, -0.05) is 0 Å². The molecule has 1 aliphatic rings. The van der Waals surface area contributed by atoms with Crippen molar-refractivity contribution in [3.05, 3.63) is 11.3 Å². The van der Waals surface area contributed by atoms with Gasteiger partial charge in [0.2, 0.25) is 5.88 Å². The third kappa shape index (κ3) is 4.43. The average Bonchev–Trinajstić information content (AvgIpc) is 2.74. The molecule has 6 nitrogen and oxygen atoms in total. The van der Waals surface area contributed by atoms with Crippen LogP contribution in [0.15, 0.2) is 0 Å². The largest absolute Gasteiger partial charge is 0.481 e. The Labute approximate surface area is 128 Å². The first-order valence-electron chi connectivity index (χ1n) is 7.80. The Kier molecular flexibility index (Phi) is 6.02. The summed E-state index contributed by atoms with van der Waals surface area (Å²) < 4.78 is 7.21. The van der Waals surface area contributed by atoms with Crippen LogP contribution < -0.4 is 10.1 Å². The summed E-state index contributed by atoms with van der Waals surface area (Å²) in [6, 6.07) is 0. The van der Waals surface area contributed by atoms with Crippen molar-refractivity contribution in [1.82, 2.24) is 24.9 Å².